The summed E-state index contributed by atoms with van der Waals surface area (Å²) in [7, 11) is 0. The van der Waals surface area contributed by atoms with E-state index in [1.54, 1.807) is 13.0 Å². The Bertz CT molecular complexity index is 1030. The van der Waals surface area contributed by atoms with Gasteiger partial charge in [0.05, 0.1) is 0 Å². The number of aromatic amines is 1. The topological polar surface area (TPSA) is 39.3 Å². The number of benzene rings is 2. The van der Waals surface area contributed by atoms with Crippen LogP contribution in [0.3, 0.4) is 0 Å². The summed E-state index contributed by atoms with van der Waals surface area (Å²) >= 11 is 0. The van der Waals surface area contributed by atoms with E-state index in [0.717, 1.165) is 52.8 Å². The number of nitrogens with one attached hydrogen (secondary N) is 1. The van der Waals surface area contributed by atoms with E-state index in [0.29, 0.717) is 18.7 Å². The van der Waals surface area contributed by atoms with Gasteiger partial charge in [-0.25, -0.2) is 4.39 Å². The number of aryl methyl sites for hydroxylation is 3. The van der Waals surface area contributed by atoms with Gasteiger partial charge < -0.3 is 9.88 Å². The number of fused-ring (bicyclic) bond motifs is 1. The fourth-order valence-corrected chi connectivity index (χ4v) is 3.97. The SMILES string of the molecule is Cc1cc(CN2CCN(C(=O)c3cc4cc[nH]c4cc3C)CC2)c(C)cc1F. The normalized spacial score (nSPS) is 15.4. The summed E-state index contributed by atoms with van der Waals surface area (Å²) in [6.07, 6.45) is 1.90. The van der Waals surface area contributed by atoms with E-state index in [1.807, 2.05) is 49.2 Å². The Balaban J connectivity index is 1.43. The van der Waals surface area contributed by atoms with Crippen molar-refractivity contribution in [3.05, 3.63) is 70.2 Å². The first kappa shape index (κ1) is 18.7. The lowest BCUT2D eigenvalue weighted by Gasteiger charge is -2.35. The number of carbonyl (C=O) groups excluding carboxylic acids is 1. The van der Waals surface area contributed by atoms with E-state index in [2.05, 4.69) is 9.88 Å². The molecule has 0 unspecified atom stereocenters. The maximum Gasteiger partial charge on any atom is 0.254 e. The second-order valence-electron chi connectivity index (χ2n) is 7.83. The summed E-state index contributed by atoms with van der Waals surface area (Å²) in [5.74, 6) is -0.0412. The van der Waals surface area contributed by atoms with E-state index in [4.69, 9.17) is 0 Å². The summed E-state index contributed by atoms with van der Waals surface area (Å²) in [4.78, 5) is 20.5. The van der Waals surface area contributed by atoms with Gasteiger partial charge in [0, 0.05) is 55.4 Å². The van der Waals surface area contributed by atoms with Gasteiger partial charge in [-0.05, 0) is 67.3 Å². The zero-order valence-corrected chi connectivity index (χ0v) is 16.7. The maximum absolute atomic E-state index is 13.7. The Morgan fingerprint density at radius 2 is 1.75 bits per heavy atom. The van der Waals surface area contributed by atoms with Crippen LogP contribution in [0.15, 0.2) is 36.5 Å². The highest BCUT2D eigenvalue weighted by Crippen LogP contribution is 2.22. The van der Waals surface area contributed by atoms with Crippen LogP contribution in [0.2, 0.25) is 0 Å². The summed E-state index contributed by atoms with van der Waals surface area (Å²) in [5.41, 5.74) is 5.67. The van der Waals surface area contributed by atoms with Crippen LogP contribution in [0.25, 0.3) is 10.9 Å². The Hall–Kier alpha value is -2.66. The third-order valence-corrected chi connectivity index (χ3v) is 5.80. The standard InChI is InChI=1S/C23H26FN3O/c1-15-11-21(24)17(3)10-19(15)14-26-6-8-27(9-7-26)23(28)20-13-18-4-5-25-22(18)12-16(20)2/h4-5,10-13,25H,6-9,14H2,1-3H3. The van der Waals surface area contributed by atoms with Gasteiger partial charge in [0.15, 0.2) is 0 Å². The van der Waals surface area contributed by atoms with E-state index in [1.165, 1.54) is 0 Å². The minimum Gasteiger partial charge on any atom is -0.361 e. The lowest BCUT2D eigenvalue weighted by atomic mass is 10.0. The second-order valence-corrected chi connectivity index (χ2v) is 7.83. The fraction of sp³-hybridized carbons (Fsp3) is 0.348. The van der Waals surface area contributed by atoms with Crippen LogP contribution in [0.4, 0.5) is 4.39 Å². The van der Waals surface area contributed by atoms with Crippen molar-refractivity contribution in [2.75, 3.05) is 26.2 Å². The quantitative estimate of drug-likeness (QED) is 0.741. The third kappa shape index (κ3) is 3.54. The number of hydrogen-bond donors (Lipinski definition) is 1. The Morgan fingerprint density at radius 3 is 2.50 bits per heavy atom. The van der Waals surface area contributed by atoms with Gasteiger partial charge in [-0.3, -0.25) is 9.69 Å². The van der Waals surface area contributed by atoms with Crippen LogP contribution in [-0.4, -0.2) is 46.9 Å². The van der Waals surface area contributed by atoms with Crippen molar-refractivity contribution >= 4 is 16.8 Å². The minimum atomic E-state index is -0.147. The van der Waals surface area contributed by atoms with Gasteiger partial charge in [0.1, 0.15) is 5.82 Å². The molecule has 5 heteroatoms. The van der Waals surface area contributed by atoms with Crippen molar-refractivity contribution in [1.82, 2.24) is 14.8 Å². The number of H-pyrrole nitrogens is 1. The molecule has 2 aromatic carbocycles. The molecular weight excluding hydrogens is 353 g/mol. The molecule has 1 aliphatic rings. The molecule has 0 radical (unpaired) electrons. The van der Waals surface area contributed by atoms with Crippen LogP contribution in [0.1, 0.15) is 32.6 Å². The Morgan fingerprint density at radius 1 is 1.00 bits per heavy atom. The summed E-state index contributed by atoms with van der Waals surface area (Å²) < 4.78 is 13.7. The molecule has 0 bridgehead atoms. The number of rotatable bonds is 3. The molecule has 1 amide bonds. The average molecular weight is 379 g/mol. The molecule has 2 heterocycles. The van der Waals surface area contributed by atoms with Crippen molar-refractivity contribution in [3.63, 3.8) is 0 Å². The first-order chi connectivity index (χ1) is 13.4. The maximum atomic E-state index is 13.7. The van der Waals surface area contributed by atoms with Crippen LogP contribution in [0, 0.1) is 26.6 Å². The Kier molecular flexibility index (Phi) is 4.94. The lowest BCUT2D eigenvalue weighted by molar-refractivity contribution is 0.0627. The number of nitrogens with zero attached hydrogens (tertiary/aromatic N) is 2. The third-order valence-electron chi connectivity index (χ3n) is 5.80. The molecule has 1 aromatic heterocycles. The molecule has 0 aliphatic carbocycles. The number of amides is 1. The summed E-state index contributed by atoms with van der Waals surface area (Å²) in [6.45, 7) is 9.62. The lowest BCUT2D eigenvalue weighted by Crippen LogP contribution is -2.48. The first-order valence-electron chi connectivity index (χ1n) is 9.77. The number of carbonyl (C=O) groups is 1. The fourth-order valence-electron chi connectivity index (χ4n) is 3.97. The van der Waals surface area contributed by atoms with Gasteiger partial charge in [0.2, 0.25) is 0 Å². The first-order valence-corrected chi connectivity index (χ1v) is 9.77. The summed E-state index contributed by atoms with van der Waals surface area (Å²) in [5, 5.41) is 1.06. The highest BCUT2D eigenvalue weighted by Gasteiger charge is 2.24. The van der Waals surface area contributed by atoms with Crippen molar-refractivity contribution in [2.24, 2.45) is 0 Å². The average Bonchev–Trinajstić information content (AvgIpc) is 3.12. The van der Waals surface area contributed by atoms with E-state index in [9.17, 15) is 9.18 Å². The van der Waals surface area contributed by atoms with Crippen LogP contribution < -0.4 is 0 Å². The molecule has 1 saturated heterocycles. The van der Waals surface area contributed by atoms with Crippen molar-refractivity contribution in [3.8, 4) is 0 Å². The molecule has 3 aromatic rings. The molecule has 0 saturated carbocycles. The van der Waals surface area contributed by atoms with Gasteiger partial charge >= 0.3 is 0 Å². The smallest absolute Gasteiger partial charge is 0.254 e. The zero-order chi connectivity index (χ0) is 19.8. The molecule has 1 N–H and O–H groups in total. The molecular formula is C23H26FN3O. The van der Waals surface area contributed by atoms with Crippen molar-refractivity contribution in [1.29, 1.82) is 0 Å². The van der Waals surface area contributed by atoms with E-state index >= 15 is 0 Å². The predicted octanol–water partition coefficient (Wildman–Crippen LogP) is 4.19. The van der Waals surface area contributed by atoms with Crippen molar-refractivity contribution < 1.29 is 9.18 Å². The molecule has 1 aliphatic heterocycles. The molecule has 28 heavy (non-hydrogen) atoms. The monoisotopic (exact) mass is 379 g/mol. The van der Waals surface area contributed by atoms with E-state index in [-0.39, 0.29) is 11.7 Å². The summed E-state index contributed by atoms with van der Waals surface area (Å²) in [6, 6.07) is 9.58. The molecule has 0 atom stereocenters. The highest BCUT2D eigenvalue weighted by atomic mass is 19.1. The van der Waals surface area contributed by atoms with Gasteiger partial charge in [-0.1, -0.05) is 6.07 Å². The van der Waals surface area contributed by atoms with Gasteiger partial charge in [-0.2, -0.15) is 0 Å². The van der Waals surface area contributed by atoms with Crippen LogP contribution >= 0.6 is 0 Å². The largest absolute Gasteiger partial charge is 0.361 e. The molecule has 146 valence electrons. The number of halogens is 1. The molecule has 1 fully saturated rings. The van der Waals surface area contributed by atoms with Crippen LogP contribution in [0.5, 0.6) is 0 Å². The molecule has 4 nitrogen and oxygen atoms in total. The van der Waals surface area contributed by atoms with Crippen LogP contribution in [-0.2, 0) is 6.54 Å². The molecule has 0 spiro atoms. The van der Waals surface area contributed by atoms with E-state index < -0.39 is 0 Å². The number of aromatic nitrogens is 1. The Labute approximate surface area is 165 Å². The second kappa shape index (κ2) is 7.40. The minimum absolute atomic E-state index is 0.106. The predicted molar refractivity (Wildman–Crippen MR) is 110 cm³/mol. The number of hydrogen-bond acceptors (Lipinski definition) is 2. The zero-order valence-electron chi connectivity index (χ0n) is 16.7. The van der Waals surface area contributed by atoms with Gasteiger partial charge in [-0.15, -0.1) is 0 Å². The number of piperazine rings is 1. The van der Waals surface area contributed by atoms with Gasteiger partial charge in [0.25, 0.3) is 5.91 Å². The van der Waals surface area contributed by atoms with Crippen molar-refractivity contribution in [2.45, 2.75) is 27.3 Å². The molecule has 4 rings (SSSR count). The highest BCUT2D eigenvalue weighted by molar-refractivity contribution is 5.99.